The predicted molar refractivity (Wildman–Crippen MR) is 86.3 cm³/mol. The van der Waals surface area contributed by atoms with Gasteiger partial charge in [0.1, 0.15) is 12.1 Å². The smallest absolute Gasteiger partial charge is 0.326 e. The summed E-state index contributed by atoms with van der Waals surface area (Å²) in [5, 5.41) is 6.99. The van der Waals surface area contributed by atoms with Crippen LogP contribution in [0.3, 0.4) is 0 Å². The standard InChI is InChI=1S/C15H24N4O6/c1-4-7-16-13(23)17-10(20)9-25-11(21)8-19-12(22)15(5-2,6-3)18-14(19)24/h4-9H2,1-3H3,(H,18,24)(H2,16,17,20,23). The molecule has 0 aliphatic carbocycles. The molecule has 140 valence electrons. The lowest BCUT2D eigenvalue weighted by Crippen LogP contribution is -2.46. The summed E-state index contributed by atoms with van der Waals surface area (Å²) in [5.41, 5.74) is -1.01. The van der Waals surface area contributed by atoms with Gasteiger partial charge in [-0.05, 0) is 19.3 Å². The summed E-state index contributed by atoms with van der Waals surface area (Å²) in [5.74, 6) is -2.23. The maximum Gasteiger partial charge on any atom is 0.326 e. The number of hydrogen-bond donors (Lipinski definition) is 3. The summed E-state index contributed by atoms with van der Waals surface area (Å²) < 4.78 is 4.70. The highest BCUT2D eigenvalue weighted by Crippen LogP contribution is 2.24. The Hall–Kier alpha value is -2.65. The van der Waals surface area contributed by atoms with E-state index in [1.54, 1.807) is 13.8 Å². The Balaban J connectivity index is 2.47. The molecule has 1 aliphatic rings. The van der Waals surface area contributed by atoms with Gasteiger partial charge < -0.3 is 15.4 Å². The van der Waals surface area contributed by atoms with Crippen molar-refractivity contribution in [2.45, 2.75) is 45.6 Å². The zero-order chi connectivity index (χ0) is 19.0. The van der Waals surface area contributed by atoms with E-state index in [0.717, 1.165) is 4.90 Å². The lowest BCUT2D eigenvalue weighted by Gasteiger charge is -2.22. The lowest BCUT2D eigenvalue weighted by atomic mass is 9.93. The Morgan fingerprint density at radius 3 is 2.32 bits per heavy atom. The summed E-state index contributed by atoms with van der Waals surface area (Å²) in [6, 6.07) is -1.36. The predicted octanol–water partition coefficient (Wildman–Crippen LogP) is -0.124. The quantitative estimate of drug-likeness (QED) is 0.410. The first kappa shape index (κ1) is 20.4. The van der Waals surface area contributed by atoms with Crippen molar-refractivity contribution in [1.82, 2.24) is 20.9 Å². The molecule has 0 saturated carbocycles. The van der Waals surface area contributed by atoms with Crippen molar-refractivity contribution in [2.24, 2.45) is 0 Å². The minimum atomic E-state index is -1.01. The first-order valence-corrected chi connectivity index (χ1v) is 8.17. The summed E-state index contributed by atoms with van der Waals surface area (Å²) in [4.78, 5) is 59.5. The Bertz CT molecular complexity index is 558. The summed E-state index contributed by atoms with van der Waals surface area (Å²) in [6.07, 6.45) is 1.50. The number of carbonyl (C=O) groups is 5. The fraction of sp³-hybridized carbons (Fsp3) is 0.667. The summed E-state index contributed by atoms with van der Waals surface area (Å²) in [6.45, 7) is 4.50. The molecule has 1 aliphatic heterocycles. The van der Waals surface area contributed by atoms with Gasteiger partial charge in [-0.25, -0.2) is 9.59 Å². The van der Waals surface area contributed by atoms with E-state index in [2.05, 4.69) is 10.6 Å². The number of carbonyl (C=O) groups excluding carboxylic acids is 5. The van der Waals surface area contributed by atoms with Gasteiger partial charge in [-0.1, -0.05) is 20.8 Å². The molecule has 1 heterocycles. The van der Waals surface area contributed by atoms with Crippen LogP contribution in [-0.4, -0.2) is 60.0 Å². The molecular formula is C15H24N4O6. The number of rotatable bonds is 8. The van der Waals surface area contributed by atoms with Gasteiger partial charge in [-0.15, -0.1) is 0 Å². The number of amides is 6. The van der Waals surface area contributed by atoms with Crippen LogP contribution in [0.15, 0.2) is 0 Å². The minimum absolute atomic E-state index is 0.398. The normalized spacial score (nSPS) is 15.6. The van der Waals surface area contributed by atoms with Crippen LogP contribution in [0, 0.1) is 0 Å². The van der Waals surface area contributed by atoms with Gasteiger partial charge in [0.2, 0.25) is 0 Å². The van der Waals surface area contributed by atoms with Gasteiger partial charge in [-0.3, -0.25) is 24.6 Å². The number of nitrogens with one attached hydrogen (secondary N) is 3. The highest BCUT2D eigenvalue weighted by molar-refractivity contribution is 6.08. The Morgan fingerprint density at radius 2 is 1.80 bits per heavy atom. The second kappa shape index (κ2) is 9.00. The summed E-state index contributed by atoms with van der Waals surface area (Å²) in [7, 11) is 0. The molecule has 25 heavy (non-hydrogen) atoms. The first-order valence-electron chi connectivity index (χ1n) is 8.17. The van der Waals surface area contributed by atoms with E-state index in [4.69, 9.17) is 4.74 Å². The molecule has 6 amide bonds. The number of imide groups is 2. The molecule has 1 saturated heterocycles. The monoisotopic (exact) mass is 356 g/mol. The molecule has 0 bridgehead atoms. The van der Waals surface area contributed by atoms with E-state index in [9.17, 15) is 24.0 Å². The van der Waals surface area contributed by atoms with Crippen LogP contribution in [0.4, 0.5) is 9.59 Å². The molecule has 0 aromatic rings. The van der Waals surface area contributed by atoms with E-state index < -0.39 is 48.5 Å². The Labute approximate surface area is 145 Å². The number of hydrogen-bond acceptors (Lipinski definition) is 6. The number of nitrogens with zero attached hydrogens (tertiary/aromatic N) is 1. The van der Waals surface area contributed by atoms with E-state index in [1.807, 2.05) is 12.2 Å². The molecule has 10 nitrogen and oxygen atoms in total. The number of urea groups is 2. The van der Waals surface area contributed by atoms with Gasteiger partial charge >= 0.3 is 18.0 Å². The SMILES string of the molecule is CCCNC(=O)NC(=O)COC(=O)CN1C(=O)NC(CC)(CC)C1=O. The number of esters is 1. The third kappa shape index (κ3) is 5.16. The highest BCUT2D eigenvalue weighted by atomic mass is 16.5. The molecular weight excluding hydrogens is 332 g/mol. The van der Waals surface area contributed by atoms with Gasteiger partial charge in [0, 0.05) is 6.54 Å². The third-order valence-corrected chi connectivity index (χ3v) is 3.89. The van der Waals surface area contributed by atoms with E-state index in [0.29, 0.717) is 25.8 Å². The molecule has 0 unspecified atom stereocenters. The maximum absolute atomic E-state index is 12.3. The van der Waals surface area contributed by atoms with Crippen molar-refractivity contribution < 1.29 is 28.7 Å². The average Bonchev–Trinajstić information content (AvgIpc) is 2.82. The zero-order valence-electron chi connectivity index (χ0n) is 14.6. The van der Waals surface area contributed by atoms with Crippen LogP contribution in [0.5, 0.6) is 0 Å². The number of ether oxygens (including phenoxy) is 1. The molecule has 3 N–H and O–H groups in total. The van der Waals surface area contributed by atoms with Crippen LogP contribution in [0.25, 0.3) is 0 Å². The average molecular weight is 356 g/mol. The highest BCUT2D eigenvalue weighted by Gasteiger charge is 2.49. The molecule has 0 radical (unpaired) electrons. The fourth-order valence-corrected chi connectivity index (χ4v) is 2.32. The van der Waals surface area contributed by atoms with Gasteiger partial charge in [0.05, 0.1) is 0 Å². The minimum Gasteiger partial charge on any atom is -0.454 e. The third-order valence-electron chi connectivity index (χ3n) is 3.89. The van der Waals surface area contributed by atoms with E-state index in [-0.39, 0.29) is 0 Å². The second-order valence-electron chi connectivity index (χ2n) is 5.58. The van der Waals surface area contributed by atoms with Crippen molar-refractivity contribution >= 4 is 29.8 Å². The zero-order valence-corrected chi connectivity index (χ0v) is 14.6. The van der Waals surface area contributed by atoms with Crippen molar-refractivity contribution in [2.75, 3.05) is 19.7 Å². The Morgan fingerprint density at radius 1 is 1.16 bits per heavy atom. The van der Waals surface area contributed by atoms with E-state index in [1.165, 1.54) is 0 Å². The molecule has 1 fully saturated rings. The van der Waals surface area contributed by atoms with Crippen LogP contribution in [-0.2, 0) is 19.1 Å². The molecule has 10 heteroatoms. The van der Waals surface area contributed by atoms with Gasteiger partial charge in [0.25, 0.3) is 11.8 Å². The van der Waals surface area contributed by atoms with Crippen molar-refractivity contribution in [1.29, 1.82) is 0 Å². The van der Waals surface area contributed by atoms with Crippen LogP contribution in [0.2, 0.25) is 0 Å². The van der Waals surface area contributed by atoms with E-state index >= 15 is 0 Å². The van der Waals surface area contributed by atoms with Crippen LogP contribution in [0.1, 0.15) is 40.0 Å². The second-order valence-corrected chi connectivity index (χ2v) is 5.58. The topological polar surface area (TPSA) is 134 Å². The first-order chi connectivity index (χ1) is 11.8. The molecule has 0 aromatic heterocycles. The van der Waals surface area contributed by atoms with Crippen molar-refractivity contribution in [3.05, 3.63) is 0 Å². The lowest BCUT2D eigenvalue weighted by molar-refractivity contribution is -0.151. The fourth-order valence-electron chi connectivity index (χ4n) is 2.32. The molecule has 0 spiro atoms. The van der Waals surface area contributed by atoms with Gasteiger partial charge in [0.15, 0.2) is 6.61 Å². The van der Waals surface area contributed by atoms with Crippen LogP contribution < -0.4 is 16.0 Å². The molecule has 0 atom stereocenters. The maximum atomic E-state index is 12.3. The van der Waals surface area contributed by atoms with Crippen LogP contribution >= 0.6 is 0 Å². The molecule has 0 aromatic carbocycles. The largest absolute Gasteiger partial charge is 0.454 e. The summed E-state index contributed by atoms with van der Waals surface area (Å²) >= 11 is 0. The Kier molecular flexibility index (Phi) is 7.34. The molecule has 1 rings (SSSR count). The van der Waals surface area contributed by atoms with Crippen molar-refractivity contribution in [3.8, 4) is 0 Å². The van der Waals surface area contributed by atoms with Crippen molar-refractivity contribution in [3.63, 3.8) is 0 Å². The van der Waals surface area contributed by atoms with Gasteiger partial charge in [-0.2, -0.15) is 0 Å².